The number of hydrogen-bond acceptors (Lipinski definition) is 3. The molecule has 0 unspecified atom stereocenters. The van der Waals surface area contributed by atoms with Crippen LogP contribution in [0, 0.1) is 6.92 Å². The third-order valence-corrected chi connectivity index (χ3v) is 2.59. The molecule has 0 aliphatic rings. The Morgan fingerprint density at radius 3 is 2.25 bits per heavy atom. The van der Waals surface area contributed by atoms with Crippen molar-refractivity contribution in [3.05, 3.63) is 42.0 Å². The quantitative estimate of drug-likeness (QED) is 0.642. The molecule has 0 aliphatic heterocycles. The Morgan fingerprint density at radius 2 is 1.56 bits per heavy atom. The summed E-state index contributed by atoms with van der Waals surface area (Å²) in [5, 5.41) is 28.2. The summed E-state index contributed by atoms with van der Waals surface area (Å²) in [6.07, 6.45) is 0. The lowest BCUT2D eigenvalue weighted by molar-refractivity contribution is 0.404. The van der Waals surface area contributed by atoms with Gasteiger partial charge in [0, 0.05) is 0 Å². The van der Waals surface area contributed by atoms with Crippen LogP contribution < -0.4 is 0 Å². The maximum atomic E-state index is 9.57. The molecule has 0 heterocycles. The first-order chi connectivity index (χ1) is 7.59. The summed E-state index contributed by atoms with van der Waals surface area (Å²) in [6, 6.07) is 9.78. The number of phenolic OH excluding ortho intramolecular Hbond substituents is 3. The molecule has 0 saturated heterocycles. The zero-order chi connectivity index (χ0) is 11.7. The zero-order valence-electron chi connectivity index (χ0n) is 8.81. The van der Waals surface area contributed by atoms with Gasteiger partial charge in [0.2, 0.25) is 0 Å². The van der Waals surface area contributed by atoms with Gasteiger partial charge in [-0.3, -0.25) is 0 Å². The molecule has 0 bridgehead atoms. The van der Waals surface area contributed by atoms with Crippen molar-refractivity contribution in [1.29, 1.82) is 0 Å². The van der Waals surface area contributed by atoms with E-state index >= 15 is 0 Å². The molecule has 0 atom stereocenters. The molecule has 82 valence electrons. The van der Waals surface area contributed by atoms with Crippen LogP contribution in [0.25, 0.3) is 11.1 Å². The number of rotatable bonds is 1. The van der Waals surface area contributed by atoms with Gasteiger partial charge >= 0.3 is 0 Å². The van der Waals surface area contributed by atoms with Crippen LogP contribution in [-0.2, 0) is 0 Å². The van der Waals surface area contributed by atoms with E-state index in [0.717, 1.165) is 16.7 Å². The van der Waals surface area contributed by atoms with Crippen molar-refractivity contribution < 1.29 is 15.3 Å². The van der Waals surface area contributed by atoms with Crippen LogP contribution in [-0.4, -0.2) is 15.3 Å². The van der Waals surface area contributed by atoms with Crippen molar-refractivity contribution >= 4 is 0 Å². The van der Waals surface area contributed by atoms with Crippen molar-refractivity contribution in [2.45, 2.75) is 6.92 Å². The summed E-state index contributed by atoms with van der Waals surface area (Å²) in [5.74, 6) is -0.105. The second-order valence-corrected chi connectivity index (χ2v) is 3.65. The highest BCUT2D eigenvalue weighted by molar-refractivity contribution is 5.71. The molecule has 0 radical (unpaired) electrons. The average Bonchev–Trinajstić information content (AvgIpc) is 2.26. The highest BCUT2D eigenvalue weighted by atomic mass is 16.3. The number of aromatic hydroxyl groups is 3. The van der Waals surface area contributed by atoms with Crippen LogP contribution in [0.2, 0.25) is 0 Å². The third kappa shape index (κ3) is 1.67. The lowest BCUT2D eigenvalue weighted by atomic mass is 9.99. The topological polar surface area (TPSA) is 60.7 Å². The monoisotopic (exact) mass is 216 g/mol. The largest absolute Gasteiger partial charge is 0.508 e. The first-order valence-corrected chi connectivity index (χ1v) is 4.90. The van der Waals surface area contributed by atoms with Crippen LogP contribution in [0.1, 0.15) is 5.56 Å². The molecule has 3 N–H and O–H groups in total. The molecule has 0 amide bonds. The van der Waals surface area contributed by atoms with Crippen molar-refractivity contribution in [2.75, 3.05) is 0 Å². The van der Waals surface area contributed by atoms with Gasteiger partial charge in [0.15, 0.2) is 11.5 Å². The van der Waals surface area contributed by atoms with Crippen LogP contribution in [0.3, 0.4) is 0 Å². The Bertz CT molecular complexity index is 533. The first-order valence-electron chi connectivity index (χ1n) is 4.90. The average molecular weight is 216 g/mol. The summed E-state index contributed by atoms with van der Waals surface area (Å²) in [6.45, 7) is 1.80. The van der Waals surface area contributed by atoms with Gasteiger partial charge in [0.25, 0.3) is 0 Å². The molecule has 0 aliphatic carbocycles. The Morgan fingerprint density at radius 1 is 0.812 bits per heavy atom. The molecule has 0 spiro atoms. The molecule has 2 aromatic carbocycles. The molecule has 0 fully saturated rings. The Hall–Kier alpha value is -2.16. The smallest absolute Gasteiger partial charge is 0.158 e. The second kappa shape index (κ2) is 3.77. The van der Waals surface area contributed by atoms with E-state index in [1.807, 2.05) is 6.07 Å². The summed E-state index contributed by atoms with van der Waals surface area (Å²) >= 11 is 0. The van der Waals surface area contributed by atoms with Crippen molar-refractivity contribution in [3.63, 3.8) is 0 Å². The van der Waals surface area contributed by atoms with E-state index in [1.165, 1.54) is 12.1 Å². The maximum Gasteiger partial charge on any atom is 0.158 e. The van der Waals surface area contributed by atoms with Gasteiger partial charge < -0.3 is 15.3 Å². The standard InChI is InChI=1S/C13H12O3/c1-8-10(3-2-4-11(8)14)9-5-6-12(15)13(16)7-9/h2-7,14-16H,1H3. The van der Waals surface area contributed by atoms with E-state index in [4.69, 9.17) is 0 Å². The summed E-state index contributed by atoms with van der Waals surface area (Å²) in [5.41, 5.74) is 2.33. The highest BCUT2D eigenvalue weighted by Gasteiger charge is 2.07. The minimum atomic E-state index is -0.166. The van der Waals surface area contributed by atoms with E-state index in [-0.39, 0.29) is 17.2 Å². The van der Waals surface area contributed by atoms with E-state index in [1.54, 1.807) is 25.1 Å². The van der Waals surface area contributed by atoms with Crippen LogP contribution >= 0.6 is 0 Å². The third-order valence-electron chi connectivity index (χ3n) is 2.59. The van der Waals surface area contributed by atoms with Crippen molar-refractivity contribution in [1.82, 2.24) is 0 Å². The van der Waals surface area contributed by atoms with Gasteiger partial charge in [-0.2, -0.15) is 0 Å². The number of phenols is 3. The van der Waals surface area contributed by atoms with Crippen LogP contribution in [0.4, 0.5) is 0 Å². The molecule has 2 rings (SSSR count). The van der Waals surface area contributed by atoms with Crippen LogP contribution in [0.15, 0.2) is 36.4 Å². The van der Waals surface area contributed by atoms with Crippen LogP contribution in [0.5, 0.6) is 17.2 Å². The minimum Gasteiger partial charge on any atom is -0.508 e. The van der Waals surface area contributed by atoms with Gasteiger partial charge in [-0.05, 0) is 41.8 Å². The van der Waals surface area contributed by atoms with Gasteiger partial charge in [0.1, 0.15) is 5.75 Å². The minimum absolute atomic E-state index is 0.151. The Labute approximate surface area is 93.2 Å². The molecule has 3 heteroatoms. The maximum absolute atomic E-state index is 9.57. The molecule has 0 saturated carbocycles. The fraction of sp³-hybridized carbons (Fsp3) is 0.0769. The van der Waals surface area contributed by atoms with Gasteiger partial charge in [-0.1, -0.05) is 18.2 Å². The lowest BCUT2D eigenvalue weighted by Gasteiger charge is -2.08. The fourth-order valence-corrected chi connectivity index (χ4v) is 1.63. The Kier molecular flexibility index (Phi) is 2.44. The molecule has 0 aromatic heterocycles. The summed E-state index contributed by atoms with van der Waals surface area (Å²) in [4.78, 5) is 0. The second-order valence-electron chi connectivity index (χ2n) is 3.65. The molecule has 2 aromatic rings. The lowest BCUT2D eigenvalue weighted by Crippen LogP contribution is -1.83. The summed E-state index contributed by atoms with van der Waals surface area (Å²) < 4.78 is 0. The highest BCUT2D eigenvalue weighted by Crippen LogP contribution is 2.34. The molecule has 16 heavy (non-hydrogen) atoms. The SMILES string of the molecule is Cc1c(O)cccc1-c1ccc(O)c(O)c1. The molecular formula is C13H12O3. The van der Waals surface area contributed by atoms with Gasteiger partial charge in [-0.15, -0.1) is 0 Å². The van der Waals surface area contributed by atoms with E-state index in [9.17, 15) is 15.3 Å². The number of hydrogen-bond donors (Lipinski definition) is 3. The molecular weight excluding hydrogens is 204 g/mol. The van der Waals surface area contributed by atoms with E-state index < -0.39 is 0 Å². The predicted octanol–water partition coefficient (Wildman–Crippen LogP) is 2.78. The van der Waals surface area contributed by atoms with Crippen molar-refractivity contribution in [3.8, 4) is 28.4 Å². The van der Waals surface area contributed by atoms with E-state index in [2.05, 4.69) is 0 Å². The van der Waals surface area contributed by atoms with E-state index in [0.29, 0.717) is 0 Å². The van der Waals surface area contributed by atoms with Gasteiger partial charge in [0.05, 0.1) is 0 Å². The first kappa shape index (κ1) is 10.4. The molecule has 3 nitrogen and oxygen atoms in total. The Balaban J connectivity index is 2.59. The number of benzene rings is 2. The van der Waals surface area contributed by atoms with Crippen molar-refractivity contribution in [2.24, 2.45) is 0 Å². The summed E-state index contributed by atoms with van der Waals surface area (Å²) in [7, 11) is 0. The van der Waals surface area contributed by atoms with Gasteiger partial charge in [-0.25, -0.2) is 0 Å². The predicted molar refractivity (Wildman–Crippen MR) is 61.6 cm³/mol. The normalized spacial score (nSPS) is 10.3. The zero-order valence-corrected chi connectivity index (χ0v) is 8.81. The fourth-order valence-electron chi connectivity index (χ4n) is 1.63.